The molecule has 0 spiro atoms. The Morgan fingerprint density at radius 2 is 1.67 bits per heavy atom. The Kier molecular flexibility index (Phi) is 5.54. The van der Waals surface area contributed by atoms with Crippen LogP contribution in [-0.4, -0.2) is 32.3 Å². The van der Waals surface area contributed by atoms with Gasteiger partial charge in [0, 0.05) is 17.7 Å². The molecular formula is C27H26F3N3O3. The first-order valence-electron chi connectivity index (χ1n) is 11.4. The molecule has 6 nitrogen and oxygen atoms in total. The van der Waals surface area contributed by atoms with Crippen molar-refractivity contribution in [1.29, 1.82) is 0 Å². The van der Waals surface area contributed by atoms with E-state index in [1.807, 2.05) is 49.1 Å². The van der Waals surface area contributed by atoms with Crippen molar-refractivity contribution in [1.82, 2.24) is 0 Å². The molecule has 5 rings (SSSR count). The Balaban J connectivity index is 1.75. The number of methoxy groups -OCH3 is 2. The van der Waals surface area contributed by atoms with Crippen molar-refractivity contribution < 1.29 is 27.4 Å². The van der Waals surface area contributed by atoms with Crippen LogP contribution in [0.1, 0.15) is 25.0 Å². The SMILES string of the molecule is COc1ccc(C(F)(F)F)cc1-c1ccc2c3c1CN(c1ccccc1OC)CN3C(=O)C(C)(C)N2. The number of para-hydroxylation sites is 2. The van der Waals surface area contributed by atoms with E-state index in [0.717, 1.165) is 29.1 Å². The van der Waals surface area contributed by atoms with Gasteiger partial charge in [0.1, 0.15) is 17.0 Å². The standard InChI is InChI=1S/C27H26F3N3O3/c1-26(2)25(34)33-15-32(21-7-5-6-8-23(21)36-4)14-19-17(10-11-20(31-26)24(19)33)18-13-16(27(28,29)30)9-12-22(18)35-3/h5-13,31H,14-15H2,1-4H3. The minimum absolute atomic E-state index is 0.135. The van der Waals surface area contributed by atoms with Crippen LogP contribution in [0.3, 0.4) is 0 Å². The second-order valence-electron chi connectivity index (χ2n) is 9.40. The first-order valence-corrected chi connectivity index (χ1v) is 11.4. The topological polar surface area (TPSA) is 54.0 Å². The van der Waals surface area contributed by atoms with E-state index in [0.29, 0.717) is 34.9 Å². The Morgan fingerprint density at radius 1 is 0.944 bits per heavy atom. The highest BCUT2D eigenvalue weighted by atomic mass is 19.4. The molecule has 2 heterocycles. The number of ether oxygens (including phenoxy) is 2. The number of amides is 1. The zero-order valence-corrected chi connectivity index (χ0v) is 20.4. The van der Waals surface area contributed by atoms with Crippen molar-refractivity contribution in [3.63, 3.8) is 0 Å². The van der Waals surface area contributed by atoms with Crippen LogP contribution in [0.5, 0.6) is 11.5 Å². The minimum Gasteiger partial charge on any atom is -0.496 e. The molecule has 0 fully saturated rings. The molecule has 0 aliphatic carbocycles. The zero-order chi connectivity index (χ0) is 25.8. The number of alkyl halides is 3. The highest BCUT2D eigenvalue weighted by Gasteiger charge is 2.43. The second-order valence-corrected chi connectivity index (χ2v) is 9.40. The van der Waals surface area contributed by atoms with Crippen LogP contribution in [0, 0.1) is 0 Å². The summed E-state index contributed by atoms with van der Waals surface area (Å²) >= 11 is 0. The van der Waals surface area contributed by atoms with Gasteiger partial charge in [0.05, 0.1) is 43.5 Å². The van der Waals surface area contributed by atoms with Gasteiger partial charge in [-0.15, -0.1) is 0 Å². The summed E-state index contributed by atoms with van der Waals surface area (Å²) in [6.45, 7) is 4.24. The van der Waals surface area contributed by atoms with E-state index in [-0.39, 0.29) is 12.6 Å². The quantitative estimate of drug-likeness (QED) is 0.486. The number of hydrogen-bond donors (Lipinski definition) is 1. The van der Waals surface area contributed by atoms with Crippen LogP contribution >= 0.6 is 0 Å². The number of nitrogens with zero attached hydrogens (tertiary/aromatic N) is 2. The lowest BCUT2D eigenvalue weighted by Crippen LogP contribution is -2.58. The van der Waals surface area contributed by atoms with Gasteiger partial charge < -0.3 is 19.7 Å². The lowest BCUT2D eigenvalue weighted by Gasteiger charge is -2.47. The molecule has 0 saturated heterocycles. The molecule has 0 radical (unpaired) electrons. The molecule has 0 atom stereocenters. The summed E-state index contributed by atoms with van der Waals surface area (Å²) in [5.74, 6) is 0.816. The summed E-state index contributed by atoms with van der Waals surface area (Å²) in [6.07, 6.45) is -4.51. The zero-order valence-electron chi connectivity index (χ0n) is 20.4. The van der Waals surface area contributed by atoms with Gasteiger partial charge in [0.2, 0.25) is 0 Å². The maximum absolute atomic E-state index is 13.6. The Labute approximate surface area is 207 Å². The van der Waals surface area contributed by atoms with E-state index >= 15 is 0 Å². The number of carbonyl (C=O) groups excluding carboxylic acids is 1. The lowest BCUT2D eigenvalue weighted by molar-refractivity contribution is -0.137. The molecule has 36 heavy (non-hydrogen) atoms. The molecule has 0 saturated carbocycles. The number of benzene rings is 3. The molecule has 2 aliphatic rings. The van der Waals surface area contributed by atoms with Crippen molar-refractivity contribution in [3.8, 4) is 22.6 Å². The van der Waals surface area contributed by atoms with Crippen molar-refractivity contribution in [2.45, 2.75) is 32.1 Å². The van der Waals surface area contributed by atoms with Crippen molar-refractivity contribution in [2.24, 2.45) is 0 Å². The summed E-state index contributed by atoms with van der Waals surface area (Å²) < 4.78 is 51.9. The minimum atomic E-state index is -4.51. The third-order valence-corrected chi connectivity index (χ3v) is 6.68. The van der Waals surface area contributed by atoms with Gasteiger partial charge in [-0.3, -0.25) is 9.69 Å². The monoisotopic (exact) mass is 497 g/mol. The normalized spacial score (nSPS) is 16.4. The fraction of sp³-hybridized carbons (Fsp3) is 0.296. The highest BCUT2D eigenvalue weighted by Crippen LogP contribution is 2.48. The predicted molar refractivity (Wildman–Crippen MR) is 133 cm³/mol. The van der Waals surface area contributed by atoms with Gasteiger partial charge in [-0.2, -0.15) is 13.2 Å². The first-order chi connectivity index (χ1) is 17.0. The molecule has 9 heteroatoms. The number of rotatable bonds is 4. The number of anilines is 3. The molecule has 3 aromatic carbocycles. The van der Waals surface area contributed by atoms with Crippen molar-refractivity contribution in [2.75, 3.05) is 36.0 Å². The van der Waals surface area contributed by atoms with E-state index < -0.39 is 17.3 Å². The Morgan fingerprint density at radius 3 is 2.36 bits per heavy atom. The lowest BCUT2D eigenvalue weighted by atomic mass is 9.89. The molecule has 2 aliphatic heterocycles. The van der Waals surface area contributed by atoms with Crippen LogP contribution < -0.4 is 24.6 Å². The van der Waals surface area contributed by atoms with Crippen molar-refractivity contribution >= 4 is 23.0 Å². The summed E-state index contributed by atoms with van der Waals surface area (Å²) in [5, 5.41) is 3.30. The predicted octanol–water partition coefficient (Wildman–Crippen LogP) is 5.90. The molecule has 188 valence electrons. The van der Waals surface area contributed by atoms with Gasteiger partial charge >= 0.3 is 6.18 Å². The second kappa shape index (κ2) is 8.36. The Hall–Kier alpha value is -3.88. The molecule has 0 aromatic heterocycles. The molecule has 1 N–H and O–H groups in total. The summed E-state index contributed by atoms with van der Waals surface area (Å²) in [4.78, 5) is 17.2. The van der Waals surface area contributed by atoms with Crippen LogP contribution in [0.25, 0.3) is 11.1 Å². The fourth-order valence-corrected chi connectivity index (χ4v) is 4.98. The average Bonchev–Trinajstić information content (AvgIpc) is 2.86. The summed E-state index contributed by atoms with van der Waals surface area (Å²) in [5.41, 5.74) is 2.17. The third kappa shape index (κ3) is 3.79. The highest BCUT2D eigenvalue weighted by molar-refractivity contribution is 6.10. The Bertz CT molecular complexity index is 1350. The first kappa shape index (κ1) is 23.8. The van der Waals surface area contributed by atoms with E-state index in [1.54, 1.807) is 18.1 Å². The summed E-state index contributed by atoms with van der Waals surface area (Å²) in [7, 11) is 3.00. The van der Waals surface area contributed by atoms with E-state index in [4.69, 9.17) is 9.47 Å². The number of hydrogen-bond acceptors (Lipinski definition) is 5. The van der Waals surface area contributed by atoms with E-state index in [9.17, 15) is 18.0 Å². The molecular weight excluding hydrogens is 471 g/mol. The number of nitrogens with one attached hydrogen (secondary N) is 1. The third-order valence-electron chi connectivity index (χ3n) is 6.68. The number of carbonyl (C=O) groups is 1. The molecule has 0 bridgehead atoms. The van der Waals surface area contributed by atoms with Crippen LogP contribution in [-0.2, 0) is 17.5 Å². The molecule has 3 aromatic rings. The largest absolute Gasteiger partial charge is 0.496 e. The van der Waals surface area contributed by atoms with Crippen LogP contribution in [0.15, 0.2) is 54.6 Å². The van der Waals surface area contributed by atoms with E-state index in [1.165, 1.54) is 13.2 Å². The fourth-order valence-electron chi connectivity index (χ4n) is 4.98. The van der Waals surface area contributed by atoms with Gasteiger partial charge in [-0.25, -0.2) is 0 Å². The maximum atomic E-state index is 13.6. The van der Waals surface area contributed by atoms with E-state index in [2.05, 4.69) is 5.32 Å². The number of halogens is 3. The van der Waals surface area contributed by atoms with Gasteiger partial charge in [0.15, 0.2) is 0 Å². The maximum Gasteiger partial charge on any atom is 0.416 e. The summed E-state index contributed by atoms with van der Waals surface area (Å²) in [6, 6.07) is 14.5. The average molecular weight is 498 g/mol. The molecule has 1 amide bonds. The van der Waals surface area contributed by atoms with Gasteiger partial charge in [0.25, 0.3) is 5.91 Å². The smallest absolute Gasteiger partial charge is 0.416 e. The van der Waals surface area contributed by atoms with Crippen LogP contribution in [0.4, 0.5) is 30.2 Å². The molecule has 0 unspecified atom stereocenters. The van der Waals surface area contributed by atoms with Crippen LogP contribution in [0.2, 0.25) is 0 Å². The van der Waals surface area contributed by atoms with Gasteiger partial charge in [-0.05, 0) is 55.8 Å². The van der Waals surface area contributed by atoms with Gasteiger partial charge in [-0.1, -0.05) is 18.2 Å². The van der Waals surface area contributed by atoms with Crippen molar-refractivity contribution in [3.05, 3.63) is 65.7 Å².